The number of carboxylic acids is 1. The van der Waals surface area contributed by atoms with Crippen LogP contribution in [-0.2, 0) is 27.4 Å². The van der Waals surface area contributed by atoms with E-state index < -0.39 is 74.5 Å². The number of ether oxygens (including phenoxy) is 3. The summed E-state index contributed by atoms with van der Waals surface area (Å²) in [6.07, 6.45) is -3.30. The van der Waals surface area contributed by atoms with E-state index in [9.17, 15) is 46.3 Å². The first-order valence-corrected chi connectivity index (χ1v) is 21.9. The average molecular weight is 891 g/mol. The molecule has 18 heteroatoms. The molecule has 1 N–H and O–H groups in total. The lowest BCUT2D eigenvalue weighted by atomic mass is 9.66. The number of carbonyl (C=O) groups excluding carboxylic acids is 2. The van der Waals surface area contributed by atoms with Crippen molar-refractivity contribution in [3.63, 3.8) is 0 Å². The van der Waals surface area contributed by atoms with E-state index in [-0.39, 0.29) is 70.7 Å². The largest absolute Gasteiger partial charge is 0.493 e. The van der Waals surface area contributed by atoms with Gasteiger partial charge in [-0.2, -0.15) is 31.6 Å². The number of aliphatic carboxylic acids is 1. The Morgan fingerprint density at radius 2 is 1.69 bits per heavy atom. The van der Waals surface area contributed by atoms with Gasteiger partial charge in [0.05, 0.1) is 41.7 Å². The molecule has 2 atom stereocenters. The van der Waals surface area contributed by atoms with Crippen LogP contribution < -0.4 is 14.2 Å². The lowest BCUT2D eigenvalue weighted by Gasteiger charge is -2.51. The molecule has 4 aliphatic rings. The predicted octanol–water partition coefficient (Wildman–Crippen LogP) is 9.44. The number of fused-ring (bicyclic) bond motifs is 2. The quantitative estimate of drug-likeness (QED) is 0.156. The molecule has 1 aliphatic carbocycles. The predicted molar refractivity (Wildman–Crippen MR) is 213 cm³/mol. The number of likely N-dealkylation sites (tertiary alicyclic amines) is 1. The molecule has 334 valence electrons. The number of benzene rings is 1. The second-order valence-electron chi connectivity index (χ2n) is 16.7. The molecule has 2 amide bonds. The molecule has 3 aliphatic heterocycles. The van der Waals surface area contributed by atoms with Gasteiger partial charge < -0.3 is 29.1 Å². The topological polar surface area (TPSA) is 142 Å². The normalized spacial score (nSPS) is 22.9. The van der Waals surface area contributed by atoms with E-state index in [1.807, 2.05) is 0 Å². The van der Waals surface area contributed by atoms with Crippen molar-refractivity contribution < 1.29 is 60.0 Å². The van der Waals surface area contributed by atoms with Gasteiger partial charge in [0, 0.05) is 49.3 Å². The fourth-order valence-electron chi connectivity index (χ4n) is 9.52. The number of carboxylic acid groups (broad SMARTS) is 1. The SMILES string of the molecule is N#CC1(c2ccccc2OCCCC2(C(=O)O)CCC2)CCN(C(=O)[C@]2(Oc3csc(C(F)(F)F)c3)CCCN3C(=O)c4c(C(F)(F)F)ccnc4OCCCCCC[C@@H]32)CC1. The van der Waals surface area contributed by atoms with Crippen molar-refractivity contribution in [2.24, 2.45) is 5.41 Å². The number of alkyl halides is 6. The zero-order valence-corrected chi connectivity index (χ0v) is 34.8. The Labute approximate surface area is 358 Å². The van der Waals surface area contributed by atoms with Crippen LogP contribution in [0, 0.1) is 16.7 Å². The molecule has 11 nitrogen and oxygen atoms in total. The summed E-state index contributed by atoms with van der Waals surface area (Å²) in [7, 11) is 0. The molecule has 2 saturated heterocycles. The molecule has 2 aromatic heterocycles. The van der Waals surface area contributed by atoms with Crippen LogP contribution in [0.3, 0.4) is 0 Å². The van der Waals surface area contributed by atoms with E-state index in [1.54, 1.807) is 24.3 Å². The van der Waals surface area contributed by atoms with Gasteiger partial charge in [0.25, 0.3) is 11.8 Å². The Hall–Kier alpha value is -5.05. The van der Waals surface area contributed by atoms with Gasteiger partial charge >= 0.3 is 18.3 Å². The zero-order valence-electron chi connectivity index (χ0n) is 34.0. The number of hydrogen-bond donors (Lipinski definition) is 1. The summed E-state index contributed by atoms with van der Waals surface area (Å²) in [5, 5.41) is 21.6. The number of rotatable bonds is 10. The molecule has 5 heterocycles. The third-order valence-corrected chi connectivity index (χ3v) is 14.0. The van der Waals surface area contributed by atoms with Crippen LogP contribution in [0.4, 0.5) is 26.3 Å². The fraction of sp³-hybridized carbons (Fsp3) is 0.568. The third kappa shape index (κ3) is 8.91. The first-order valence-electron chi connectivity index (χ1n) is 21.0. The molecule has 1 saturated carbocycles. The van der Waals surface area contributed by atoms with E-state index >= 15 is 4.79 Å². The summed E-state index contributed by atoms with van der Waals surface area (Å²) in [6.45, 7) is 0.182. The highest BCUT2D eigenvalue weighted by molar-refractivity contribution is 7.10. The van der Waals surface area contributed by atoms with Gasteiger partial charge in [-0.05, 0) is 69.9 Å². The number of piperidine rings is 2. The Kier molecular flexibility index (Phi) is 13.0. The van der Waals surface area contributed by atoms with E-state index in [4.69, 9.17) is 14.2 Å². The van der Waals surface area contributed by atoms with Crippen molar-refractivity contribution in [1.82, 2.24) is 14.8 Å². The van der Waals surface area contributed by atoms with Crippen LogP contribution in [0.2, 0.25) is 0 Å². The minimum absolute atomic E-state index is 0.00386. The van der Waals surface area contributed by atoms with Gasteiger partial charge in [-0.3, -0.25) is 14.4 Å². The van der Waals surface area contributed by atoms with Crippen molar-refractivity contribution in [2.75, 3.05) is 32.8 Å². The van der Waals surface area contributed by atoms with Crippen molar-refractivity contribution in [3.05, 3.63) is 69.5 Å². The first kappa shape index (κ1) is 45.0. The lowest BCUT2D eigenvalue weighted by Crippen LogP contribution is -2.68. The maximum absolute atomic E-state index is 15.3. The molecule has 1 aromatic carbocycles. The van der Waals surface area contributed by atoms with E-state index in [0.29, 0.717) is 80.1 Å². The van der Waals surface area contributed by atoms with Gasteiger partial charge in [-0.1, -0.05) is 43.9 Å². The molecule has 62 heavy (non-hydrogen) atoms. The molecule has 0 bridgehead atoms. The number of nitriles is 1. The number of carbonyl (C=O) groups is 3. The first-order chi connectivity index (χ1) is 29.5. The standard InChI is InChI=1S/C44H48F6N4O7S/c45-43(46,47)31-13-20-52-36-35(31)37(55)54-21-8-17-42(33(54)12-3-1-2-6-24-60-36,61-29-26-34(62-27-29)44(48,49)50)38(56)53-22-18-41(28-51,19-23-53)30-10-4-5-11-32(30)59-25-9-16-40(39(57)58)14-7-15-40/h4-5,10-11,13,20,26-27,33H,1-3,6-9,12,14-19,21-25H2,(H,57,58)/t33-,42+/m1/s1. The number of amides is 2. The summed E-state index contributed by atoms with van der Waals surface area (Å²) >= 11 is 0.371. The number of hydrogen-bond acceptors (Lipinski definition) is 9. The van der Waals surface area contributed by atoms with Crippen molar-refractivity contribution in [1.29, 1.82) is 5.26 Å². The van der Waals surface area contributed by atoms with Crippen LogP contribution in [0.5, 0.6) is 17.4 Å². The Morgan fingerprint density at radius 3 is 2.35 bits per heavy atom. The highest BCUT2D eigenvalue weighted by atomic mass is 32.1. The number of aromatic nitrogens is 1. The summed E-state index contributed by atoms with van der Waals surface area (Å²) in [4.78, 5) is 47.5. The van der Waals surface area contributed by atoms with Crippen LogP contribution in [0.1, 0.15) is 116 Å². The van der Waals surface area contributed by atoms with E-state index in [0.717, 1.165) is 24.1 Å². The maximum atomic E-state index is 15.3. The van der Waals surface area contributed by atoms with Gasteiger partial charge in [0.2, 0.25) is 11.5 Å². The molecular weight excluding hydrogens is 843 g/mol. The van der Waals surface area contributed by atoms with Crippen molar-refractivity contribution in [2.45, 2.75) is 119 Å². The number of nitrogens with zero attached hydrogens (tertiary/aromatic N) is 4. The molecule has 0 unspecified atom stereocenters. The molecule has 7 rings (SSSR count). The number of thiophene rings is 1. The Morgan fingerprint density at radius 1 is 0.952 bits per heavy atom. The number of para-hydroxylation sites is 1. The fourth-order valence-corrected chi connectivity index (χ4v) is 10.2. The average Bonchev–Trinajstić information content (AvgIpc) is 3.71. The van der Waals surface area contributed by atoms with Gasteiger partial charge in [0.15, 0.2) is 0 Å². The lowest BCUT2D eigenvalue weighted by molar-refractivity contribution is -0.161. The van der Waals surface area contributed by atoms with Crippen LogP contribution in [0.25, 0.3) is 0 Å². The summed E-state index contributed by atoms with van der Waals surface area (Å²) in [5.74, 6) is -2.86. The highest BCUT2D eigenvalue weighted by Crippen LogP contribution is 2.47. The third-order valence-electron chi connectivity index (χ3n) is 13.0. The van der Waals surface area contributed by atoms with Gasteiger partial charge in [0.1, 0.15) is 21.9 Å². The van der Waals surface area contributed by atoms with Crippen LogP contribution in [-0.4, -0.2) is 82.2 Å². The maximum Gasteiger partial charge on any atom is 0.425 e. The number of pyridine rings is 1. The molecule has 3 fully saturated rings. The van der Waals surface area contributed by atoms with Crippen LogP contribution in [0.15, 0.2) is 48.0 Å². The molecular formula is C44H48F6N4O7S. The van der Waals surface area contributed by atoms with Crippen molar-refractivity contribution >= 4 is 29.1 Å². The van der Waals surface area contributed by atoms with E-state index in [2.05, 4.69) is 11.1 Å². The van der Waals surface area contributed by atoms with E-state index in [1.165, 1.54) is 9.80 Å². The second-order valence-corrected chi connectivity index (χ2v) is 17.6. The summed E-state index contributed by atoms with van der Waals surface area (Å²) in [5.41, 5.74) is -5.37. The minimum Gasteiger partial charge on any atom is -0.493 e. The molecule has 0 radical (unpaired) electrons. The Bertz CT molecular complexity index is 2160. The molecule has 3 aromatic rings. The second kappa shape index (κ2) is 18.0. The smallest absolute Gasteiger partial charge is 0.425 e. The summed E-state index contributed by atoms with van der Waals surface area (Å²) < 4.78 is 104. The van der Waals surface area contributed by atoms with Crippen molar-refractivity contribution in [3.8, 4) is 23.4 Å². The number of halogens is 6. The summed E-state index contributed by atoms with van der Waals surface area (Å²) in [6, 6.07) is 9.76. The Balaban J connectivity index is 1.20. The monoisotopic (exact) mass is 890 g/mol. The van der Waals surface area contributed by atoms with Gasteiger partial charge in [-0.15, -0.1) is 11.3 Å². The zero-order chi connectivity index (χ0) is 44.3. The molecule has 0 spiro atoms. The van der Waals surface area contributed by atoms with Gasteiger partial charge in [-0.25, -0.2) is 4.98 Å². The minimum atomic E-state index is -4.98. The van der Waals surface area contributed by atoms with Crippen LogP contribution >= 0.6 is 11.3 Å². The highest BCUT2D eigenvalue weighted by Gasteiger charge is 2.57.